The average Bonchev–Trinajstić information content (AvgIpc) is 2.67. The van der Waals surface area contributed by atoms with Crippen molar-refractivity contribution in [2.24, 2.45) is 0 Å². The quantitative estimate of drug-likeness (QED) is 0.628. The highest BCUT2D eigenvalue weighted by Gasteiger charge is 2.52. The molecule has 8 heteroatoms. The van der Waals surface area contributed by atoms with Crippen molar-refractivity contribution in [1.29, 1.82) is 0 Å². The standard InChI is InChI=1S/C15H20BF2NO4/c1-6-21-13(20)11-7-10(9(8-19-11)12(17)18)16-22-14(2,3)15(4,5)23-16/h7-8,12H,6H2,1-5H3. The van der Waals surface area contributed by atoms with Gasteiger partial charge in [-0.1, -0.05) is 0 Å². The van der Waals surface area contributed by atoms with Crippen molar-refractivity contribution in [3.8, 4) is 0 Å². The van der Waals surface area contributed by atoms with Gasteiger partial charge in [0.2, 0.25) is 0 Å². The summed E-state index contributed by atoms with van der Waals surface area (Å²) in [6.45, 7) is 9.11. The van der Waals surface area contributed by atoms with Crippen molar-refractivity contribution in [2.75, 3.05) is 6.61 Å². The maximum Gasteiger partial charge on any atom is 0.495 e. The van der Waals surface area contributed by atoms with Crippen LogP contribution in [0.4, 0.5) is 8.78 Å². The molecule has 0 spiro atoms. The fourth-order valence-electron chi connectivity index (χ4n) is 2.15. The summed E-state index contributed by atoms with van der Waals surface area (Å²) < 4.78 is 43.0. The molecule has 0 atom stereocenters. The first-order chi connectivity index (χ1) is 10.6. The Morgan fingerprint density at radius 1 is 1.30 bits per heavy atom. The normalized spacial score (nSPS) is 19.2. The van der Waals surface area contributed by atoms with E-state index in [1.807, 2.05) is 27.7 Å². The molecule has 1 fully saturated rings. The number of pyridine rings is 1. The third kappa shape index (κ3) is 3.38. The van der Waals surface area contributed by atoms with Crippen LogP contribution in [-0.4, -0.2) is 35.9 Å². The van der Waals surface area contributed by atoms with Crippen LogP contribution >= 0.6 is 0 Å². The van der Waals surface area contributed by atoms with E-state index in [4.69, 9.17) is 14.0 Å². The van der Waals surface area contributed by atoms with Gasteiger partial charge in [0, 0.05) is 11.8 Å². The second kappa shape index (κ2) is 6.16. The van der Waals surface area contributed by atoms with Crippen LogP contribution in [0.5, 0.6) is 0 Å². The molecule has 1 saturated heterocycles. The van der Waals surface area contributed by atoms with E-state index in [9.17, 15) is 13.6 Å². The van der Waals surface area contributed by atoms with Crippen LogP contribution in [0.25, 0.3) is 0 Å². The lowest BCUT2D eigenvalue weighted by Gasteiger charge is -2.32. The number of ether oxygens (including phenoxy) is 1. The third-order valence-electron chi connectivity index (χ3n) is 4.20. The first kappa shape index (κ1) is 17.8. The van der Waals surface area contributed by atoms with E-state index in [2.05, 4.69) is 4.98 Å². The number of rotatable bonds is 4. The summed E-state index contributed by atoms with van der Waals surface area (Å²) in [5, 5.41) is 0. The Labute approximate surface area is 134 Å². The summed E-state index contributed by atoms with van der Waals surface area (Å²) in [6.07, 6.45) is -1.79. The molecular weight excluding hydrogens is 307 g/mol. The fraction of sp³-hybridized carbons (Fsp3) is 0.600. The molecule has 0 N–H and O–H groups in total. The van der Waals surface area contributed by atoms with Crippen LogP contribution in [0.2, 0.25) is 0 Å². The molecule has 0 aromatic carbocycles. The van der Waals surface area contributed by atoms with Crippen LogP contribution < -0.4 is 5.46 Å². The summed E-state index contributed by atoms with van der Waals surface area (Å²) in [5.74, 6) is -0.675. The van der Waals surface area contributed by atoms with E-state index in [0.717, 1.165) is 6.20 Å². The van der Waals surface area contributed by atoms with E-state index < -0.39 is 30.7 Å². The summed E-state index contributed by atoms with van der Waals surface area (Å²) in [5.41, 5.74) is -1.64. The Morgan fingerprint density at radius 2 is 1.87 bits per heavy atom. The number of aromatic nitrogens is 1. The molecule has 1 aliphatic rings. The van der Waals surface area contributed by atoms with Gasteiger partial charge in [0.15, 0.2) is 0 Å². The molecular formula is C15H20BF2NO4. The van der Waals surface area contributed by atoms with Crippen LogP contribution in [0.1, 0.15) is 57.1 Å². The second-order valence-corrected chi connectivity index (χ2v) is 6.31. The van der Waals surface area contributed by atoms with Gasteiger partial charge < -0.3 is 14.0 Å². The maximum atomic E-state index is 13.3. The molecule has 5 nitrogen and oxygen atoms in total. The van der Waals surface area contributed by atoms with Gasteiger partial charge in [-0.15, -0.1) is 0 Å². The van der Waals surface area contributed by atoms with E-state index in [-0.39, 0.29) is 23.3 Å². The smallest absolute Gasteiger partial charge is 0.461 e. The van der Waals surface area contributed by atoms with Gasteiger partial charge in [-0.25, -0.2) is 18.6 Å². The molecule has 0 aliphatic carbocycles. The molecule has 23 heavy (non-hydrogen) atoms. The second-order valence-electron chi connectivity index (χ2n) is 6.31. The lowest BCUT2D eigenvalue weighted by molar-refractivity contribution is 0.00578. The van der Waals surface area contributed by atoms with Gasteiger partial charge in [-0.05, 0) is 46.1 Å². The Morgan fingerprint density at radius 3 is 2.35 bits per heavy atom. The number of hydrogen-bond donors (Lipinski definition) is 0. The predicted octanol–water partition coefficient (Wildman–Crippen LogP) is 2.50. The molecule has 0 amide bonds. The molecule has 0 saturated carbocycles. The number of esters is 1. The van der Waals surface area contributed by atoms with Crippen LogP contribution in [0.3, 0.4) is 0 Å². The van der Waals surface area contributed by atoms with Crippen molar-refractivity contribution in [3.63, 3.8) is 0 Å². The minimum Gasteiger partial charge on any atom is -0.461 e. The van der Waals surface area contributed by atoms with Crippen molar-refractivity contribution in [3.05, 3.63) is 23.5 Å². The molecule has 2 heterocycles. The Bertz CT molecular complexity index is 591. The lowest BCUT2D eigenvalue weighted by Crippen LogP contribution is -2.41. The number of carbonyl (C=O) groups excluding carboxylic acids is 1. The van der Waals surface area contributed by atoms with Gasteiger partial charge in [0.1, 0.15) is 5.69 Å². The first-order valence-electron chi connectivity index (χ1n) is 7.40. The molecule has 1 aromatic heterocycles. The van der Waals surface area contributed by atoms with Crippen molar-refractivity contribution < 1.29 is 27.6 Å². The molecule has 1 aromatic rings. The zero-order valence-electron chi connectivity index (χ0n) is 13.9. The van der Waals surface area contributed by atoms with Crippen LogP contribution in [0.15, 0.2) is 12.3 Å². The molecule has 0 bridgehead atoms. The van der Waals surface area contributed by atoms with Gasteiger partial charge in [-0.3, -0.25) is 0 Å². The number of hydrogen-bond acceptors (Lipinski definition) is 5. The monoisotopic (exact) mass is 327 g/mol. The largest absolute Gasteiger partial charge is 0.495 e. The van der Waals surface area contributed by atoms with Crippen LogP contribution in [-0.2, 0) is 14.0 Å². The predicted molar refractivity (Wildman–Crippen MR) is 80.9 cm³/mol. The van der Waals surface area contributed by atoms with Gasteiger partial charge in [0.05, 0.1) is 17.8 Å². The van der Waals surface area contributed by atoms with Crippen molar-refractivity contribution >= 4 is 18.6 Å². The summed E-state index contributed by atoms with van der Waals surface area (Å²) >= 11 is 0. The van der Waals surface area contributed by atoms with Gasteiger partial charge in [0.25, 0.3) is 6.43 Å². The minimum absolute atomic E-state index is 0.0547. The average molecular weight is 327 g/mol. The summed E-state index contributed by atoms with van der Waals surface area (Å²) in [7, 11) is -1.000. The van der Waals surface area contributed by atoms with Crippen LogP contribution in [0, 0.1) is 0 Å². The third-order valence-corrected chi connectivity index (χ3v) is 4.20. The highest BCUT2D eigenvalue weighted by molar-refractivity contribution is 6.62. The van der Waals surface area contributed by atoms with E-state index in [0.29, 0.717) is 0 Å². The topological polar surface area (TPSA) is 57.7 Å². The molecule has 1 aliphatic heterocycles. The summed E-state index contributed by atoms with van der Waals surface area (Å²) in [6, 6.07) is 1.25. The number of nitrogens with zero attached hydrogens (tertiary/aromatic N) is 1. The Balaban J connectivity index is 2.43. The molecule has 0 radical (unpaired) electrons. The minimum atomic E-state index is -2.76. The lowest BCUT2D eigenvalue weighted by atomic mass is 9.76. The highest BCUT2D eigenvalue weighted by atomic mass is 19.3. The fourth-order valence-corrected chi connectivity index (χ4v) is 2.15. The number of carbonyl (C=O) groups is 1. The number of halogens is 2. The Kier molecular flexibility index (Phi) is 4.77. The van der Waals surface area contributed by atoms with E-state index >= 15 is 0 Å². The van der Waals surface area contributed by atoms with Gasteiger partial charge in [-0.2, -0.15) is 0 Å². The van der Waals surface area contributed by atoms with Crippen molar-refractivity contribution in [1.82, 2.24) is 4.98 Å². The molecule has 2 rings (SSSR count). The van der Waals surface area contributed by atoms with Crippen molar-refractivity contribution in [2.45, 2.75) is 52.2 Å². The molecule has 0 unspecified atom stereocenters. The Hall–Kier alpha value is -1.54. The maximum absolute atomic E-state index is 13.3. The first-order valence-corrected chi connectivity index (χ1v) is 7.40. The number of alkyl halides is 2. The zero-order valence-corrected chi connectivity index (χ0v) is 13.9. The van der Waals surface area contributed by atoms with E-state index in [1.54, 1.807) is 6.92 Å². The highest BCUT2D eigenvalue weighted by Crippen LogP contribution is 2.37. The zero-order chi connectivity index (χ0) is 17.4. The van der Waals surface area contributed by atoms with E-state index in [1.165, 1.54) is 6.07 Å². The molecule has 126 valence electrons. The van der Waals surface area contributed by atoms with Gasteiger partial charge >= 0.3 is 13.1 Å². The summed E-state index contributed by atoms with van der Waals surface area (Å²) in [4.78, 5) is 15.6. The SMILES string of the molecule is CCOC(=O)c1cc(B2OC(C)(C)C(C)(C)O2)c(C(F)F)cn1.